The molecule has 1 aliphatic rings. The molecule has 0 bridgehead atoms. The Morgan fingerprint density at radius 1 is 1.20 bits per heavy atom. The topological polar surface area (TPSA) is 56.0 Å². The Morgan fingerprint density at radius 2 is 1.96 bits per heavy atom. The van der Waals surface area contributed by atoms with Crippen LogP contribution in [-0.2, 0) is 6.54 Å². The van der Waals surface area contributed by atoms with Gasteiger partial charge in [0.15, 0.2) is 0 Å². The van der Waals surface area contributed by atoms with Crippen molar-refractivity contribution in [1.29, 1.82) is 0 Å². The van der Waals surface area contributed by atoms with Crippen molar-refractivity contribution < 1.29 is 4.79 Å². The molecule has 0 unspecified atom stereocenters. The van der Waals surface area contributed by atoms with Crippen LogP contribution in [0.25, 0.3) is 11.4 Å². The van der Waals surface area contributed by atoms with Gasteiger partial charge in [0, 0.05) is 43.3 Å². The molecule has 1 saturated heterocycles. The average molecular weight is 335 g/mol. The summed E-state index contributed by atoms with van der Waals surface area (Å²) in [5.74, 6) is 1.02. The summed E-state index contributed by atoms with van der Waals surface area (Å²) < 4.78 is 3.99. The monoisotopic (exact) mass is 335 g/mol. The van der Waals surface area contributed by atoms with Gasteiger partial charge in [0.1, 0.15) is 11.5 Å². The van der Waals surface area contributed by atoms with Gasteiger partial charge in [-0.3, -0.25) is 9.48 Å². The molecule has 1 fully saturated rings. The second-order valence-corrected chi connectivity index (χ2v) is 6.36. The highest BCUT2D eigenvalue weighted by molar-refractivity contribution is 5.93. The first-order valence-electron chi connectivity index (χ1n) is 8.59. The Kier molecular flexibility index (Phi) is 3.87. The number of hydrogen-bond acceptors (Lipinski definition) is 3. The summed E-state index contributed by atoms with van der Waals surface area (Å²) >= 11 is 0. The molecule has 128 valence electrons. The predicted octanol–water partition coefficient (Wildman–Crippen LogP) is 2.77. The second-order valence-electron chi connectivity index (χ2n) is 6.36. The van der Waals surface area contributed by atoms with Crippen LogP contribution in [0.2, 0.25) is 0 Å². The molecule has 0 aliphatic carbocycles. The lowest BCUT2D eigenvalue weighted by Crippen LogP contribution is -2.51. The number of imidazole rings is 1. The highest BCUT2D eigenvalue weighted by Crippen LogP contribution is 2.30. The normalized spacial score (nSPS) is 14.6. The van der Waals surface area contributed by atoms with Crippen molar-refractivity contribution in [3.63, 3.8) is 0 Å². The minimum absolute atomic E-state index is 0.0506. The Morgan fingerprint density at radius 3 is 2.68 bits per heavy atom. The third-order valence-corrected chi connectivity index (χ3v) is 4.76. The third-order valence-electron chi connectivity index (χ3n) is 4.76. The molecule has 0 radical (unpaired) electrons. The molecule has 2 aromatic heterocycles. The molecule has 1 aliphatic heterocycles. The van der Waals surface area contributed by atoms with Crippen LogP contribution in [0.4, 0.5) is 0 Å². The summed E-state index contributed by atoms with van der Waals surface area (Å²) in [6.45, 7) is 6.15. The van der Waals surface area contributed by atoms with E-state index in [0.29, 0.717) is 25.3 Å². The van der Waals surface area contributed by atoms with Gasteiger partial charge in [-0.2, -0.15) is 5.10 Å². The van der Waals surface area contributed by atoms with Gasteiger partial charge in [-0.1, -0.05) is 30.3 Å². The molecule has 6 heteroatoms. The van der Waals surface area contributed by atoms with E-state index in [0.717, 1.165) is 17.1 Å². The number of hydrogen-bond donors (Lipinski definition) is 0. The van der Waals surface area contributed by atoms with Crippen molar-refractivity contribution in [3.05, 3.63) is 60.2 Å². The zero-order valence-electron chi connectivity index (χ0n) is 14.5. The largest absolute Gasteiger partial charge is 0.333 e. The number of nitrogens with zero attached hydrogens (tertiary/aromatic N) is 5. The highest BCUT2D eigenvalue weighted by Gasteiger charge is 2.35. The van der Waals surface area contributed by atoms with E-state index >= 15 is 0 Å². The van der Waals surface area contributed by atoms with E-state index in [-0.39, 0.29) is 11.9 Å². The summed E-state index contributed by atoms with van der Waals surface area (Å²) in [5.41, 5.74) is 2.88. The zero-order valence-corrected chi connectivity index (χ0v) is 14.5. The maximum atomic E-state index is 12.7. The zero-order chi connectivity index (χ0) is 17.4. The predicted molar refractivity (Wildman–Crippen MR) is 95.2 cm³/mol. The molecule has 1 aromatic carbocycles. The summed E-state index contributed by atoms with van der Waals surface area (Å²) in [5, 5.41) is 4.19. The number of carbonyl (C=O) groups is 1. The Hall–Kier alpha value is -2.89. The molecule has 6 nitrogen and oxygen atoms in total. The fraction of sp³-hybridized carbons (Fsp3) is 0.316. The van der Waals surface area contributed by atoms with Gasteiger partial charge in [0.2, 0.25) is 0 Å². The molecule has 0 N–H and O–H groups in total. The fourth-order valence-electron chi connectivity index (χ4n) is 3.42. The van der Waals surface area contributed by atoms with E-state index < -0.39 is 0 Å². The van der Waals surface area contributed by atoms with Gasteiger partial charge in [-0.25, -0.2) is 4.98 Å². The molecule has 4 rings (SSSR count). The molecule has 0 atom stereocenters. The van der Waals surface area contributed by atoms with E-state index in [1.165, 1.54) is 0 Å². The average Bonchev–Trinajstić information content (AvgIpc) is 3.21. The first kappa shape index (κ1) is 15.6. The lowest BCUT2D eigenvalue weighted by Gasteiger charge is -2.41. The highest BCUT2D eigenvalue weighted by atomic mass is 16.2. The van der Waals surface area contributed by atoms with E-state index in [2.05, 4.69) is 33.7 Å². The summed E-state index contributed by atoms with van der Waals surface area (Å²) in [7, 11) is 0. The molecule has 3 aromatic rings. The second kappa shape index (κ2) is 6.20. The molecule has 0 spiro atoms. The van der Waals surface area contributed by atoms with Gasteiger partial charge in [-0.15, -0.1) is 0 Å². The minimum Gasteiger partial charge on any atom is -0.333 e. The minimum atomic E-state index is 0.0506. The maximum Gasteiger partial charge on any atom is 0.272 e. The molecule has 3 heterocycles. The summed E-state index contributed by atoms with van der Waals surface area (Å²) in [6.07, 6.45) is 3.58. The number of aryl methyl sites for hydroxylation is 2. The number of rotatable bonds is 4. The number of aromatic nitrogens is 4. The van der Waals surface area contributed by atoms with E-state index in [1.807, 2.05) is 36.2 Å². The van der Waals surface area contributed by atoms with Crippen LogP contribution in [0, 0.1) is 6.92 Å². The van der Waals surface area contributed by atoms with Crippen molar-refractivity contribution in [2.24, 2.45) is 0 Å². The molecule has 0 saturated carbocycles. The number of benzene rings is 1. The number of amides is 1. The first-order valence-corrected chi connectivity index (χ1v) is 8.59. The number of likely N-dealkylation sites (tertiary alicyclic amines) is 1. The van der Waals surface area contributed by atoms with Crippen molar-refractivity contribution in [1.82, 2.24) is 24.2 Å². The van der Waals surface area contributed by atoms with Crippen molar-refractivity contribution in [3.8, 4) is 11.4 Å². The van der Waals surface area contributed by atoms with Crippen LogP contribution in [-0.4, -0.2) is 43.2 Å². The fourth-order valence-corrected chi connectivity index (χ4v) is 3.42. The first-order chi connectivity index (χ1) is 12.2. The molecule has 1 amide bonds. The molecular weight excluding hydrogens is 314 g/mol. The lowest BCUT2D eigenvalue weighted by atomic mass is 10.1. The van der Waals surface area contributed by atoms with Crippen molar-refractivity contribution in [2.45, 2.75) is 26.4 Å². The van der Waals surface area contributed by atoms with Crippen LogP contribution in [0.5, 0.6) is 0 Å². The molecular formula is C19H21N5O. The van der Waals surface area contributed by atoms with Gasteiger partial charge < -0.3 is 9.47 Å². The Bertz CT molecular complexity index is 890. The lowest BCUT2D eigenvalue weighted by molar-refractivity contribution is 0.0507. The van der Waals surface area contributed by atoms with Crippen LogP contribution < -0.4 is 0 Å². The van der Waals surface area contributed by atoms with Crippen LogP contribution in [0.15, 0.2) is 48.8 Å². The SMILES string of the molecule is CCn1nccc1C(=O)N1CC(n2c(C)cnc2-c2ccccc2)C1. The van der Waals surface area contributed by atoms with E-state index in [4.69, 9.17) is 0 Å². The Balaban J connectivity index is 1.53. The van der Waals surface area contributed by atoms with E-state index in [1.54, 1.807) is 16.9 Å². The quantitative estimate of drug-likeness (QED) is 0.737. The van der Waals surface area contributed by atoms with Crippen molar-refractivity contribution >= 4 is 5.91 Å². The summed E-state index contributed by atoms with van der Waals surface area (Å²) in [4.78, 5) is 19.1. The van der Waals surface area contributed by atoms with Gasteiger partial charge >= 0.3 is 0 Å². The summed E-state index contributed by atoms with van der Waals surface area (Å²) in [6, 6.07) is 12.2. The van der Waals surface area contributed by atoms with Crippen LogP contribution in [0.3, 0.4) is 0 Å². The van der Waals surface area contributed by atoms with Crippen LogP contribution >= 0.6 is 0 Å². The van der Waals surface area contributed by atoms with Gasteiger partial charge in [0.25, 0.3) is 5.91 Å². The van der Waals surface area contributed by atoms with E-state index in [9.17, 15) is 4.79 Å². The Labute approximate surface area is 146 Å². The third kappa shape index (κ3) is 2.63. The van der Waals surface area contributed by atoms with Gasteiger partial charge in [0.05, 0.1) is 6.04 Å². The van der Waals surface area contributed by atoms with Crippen LogP contribution in [0.1, 0.15) is 29.1 Å². The number of carbonyl (C=O) groups excluding carboxylic acids is 1. The smallest absolute Gasteiger partial charge is 0.272 e. The van der Waals surface area contributed by atoms with Gasteiger partial charge in [-0.05, 0) is 19.9 Å². The van der Waals surface area contributed by atoms with Crippen molar-refractivity contribution in [2.75, 3.05) is 13.1 Å². The standard InChI is InChI=1S/C19H21N5O/c1-3-23-17(9-10-21-23)19(25)22-12-16(13-22)24-14(2)11-20-18(24)15-7-5-4-6-8-15/h4-11,16H,3,12-13H2,1-2H3. The molecule has 25 heavy (non-hydrogen) atoms. The maximum absolute atomic E-state index is 12.7.